The first kappa shape index (κ1) is 9.66. The number of nitrogens with one attached hydrogen (secondary N) is 1. The van der Waals surface area contributed by atoms with Crippen molar-refractivity contribution in [3.05, 3.63) is 24.3 Å². The maximum Gasteiger partial charge on any atom is 0.394 e. The van der Waals surface area contributed by atoms with Crippen LogP contribution < -0.4 is 10.1 Å². The van der Waals surface area contributed by atoms with Gasteiger partial charge in [0.15, 0.2) is 5.58 Å². The molecule has 2 heterocycles. The molecule has 0 spiro atoms. The molecule has 1 saturated heterocycles. The Labute approximate surface area is 93.6 Å². The Hall–Kier alpha value is -1.55. The topological polar surface area (TPSA) is 47.3 Å². The van der Waals surface area contributed by atoms with E-state index in [-0.39, 0.29) is 6.10 Å². The molecule has 1 fully saturated rings. The van der Waals surface area contributed by atoms with Crippen LogP contribution in [0.4, 0.5) is 0 Å². The average Bonchev–Trinajstić information content (AvgIpc) is 2.72. The SMILES string of the molecule is c1ccc2oc(O[C@H]3CCCNC3)nc2c1. The van der Waals surface area contributed by atoms with Gasteiger partial charge < -0.3 is 14.5 Å². The third-order valence-corrected chi connectivity index (χ3v) is 2.79. The highest BCUT2D eigenvalue weighted by atomic mass is 16.6. The third-order valence-electron chi connectivity index (χ3n) is 2.79. The predicted molar refractivity (Wildman–Crippen MR) is 60.5 cm³/mol. The zero-order chi connectivity index (χ0) is 10.8. The number of fused-ring (bicyclic) bond motifs is 1. The van der Waals surface area contributed by atoms with Gasteiger partial charge in [-0.3, -0.25) is 0 Å². The van der Waals surface area contributed by atoms with E-state index in [2.05, 4.69) is 10.3 Å². The molecule has 3 rings (SSSR count). The Morgan fingerprint density at radius 1 is 1.38 bits per heavy atom. The summed E-state index contributed by atoms with van der Waals surface area (Å²) in [6, 6.07) is 7.69. The van der Waals surface area contributed by atoms with Crippen LogP contribution in [0.5, 0.6) is 6.08 Å². The maximum atomic E-state index is 5.70. The summed E-state index contributed by atoms with van der Waals surface area (Å²) >= 11 is 0. The zero-order valence-corrected chi connectivity index (χ0v) is 8.98. The van der Waals surface area contributed by atoms with Crippen molar-refractivity contribution in [1.29, 1.82) is 0 Å². The van der Waals surface area contributed by atoms with Gasteiger partial charge in [0.1, 0.15) is 11.6 Å². The number of benzene rings is 1. The van der Waals surface area contributed by atoms with E-state index in [1.807, 2.05) is 24.3 Å². The summed E-state index contributed by atoms with van der Waals surface area (Å²) < 4.78 is 11.2. The van der Waals surface area contributed by atoms with E-state index in [0.717, 1.165) is 37.0 Å². The van der Waals surface area contributed by atoms with Gasteiger partial charge in [-0.1, -0.05) is 12.1 Å². The normalized spacial score (nSPS) is 21.1. The Bertz CT molecular complexity index is 442. The lowest BCUT2D eigenvalue weighted by Crippen LogP contribution is -2.37. The summed E-state index contributed by atoms with van der Waals surface area (Å²) in [6.07, 6.45) is 2.77. The molecule has 0 unspecified atom stereocenters. The number of oxazole rings is 1. The van der Waals surface area contributed by atoms with E-state index in [4.69, 9.17) is 9.15 Å². The van der Waals surface area contributed by atoms with Crippen molar-refractivity contribution < 1.29 is 9.15 Å². The summed E-state index contributed by atoms with van der Waals surface area (Å²) in [5.74, 6) is 0. The van der Waals surface area contributed by atoms with Crippen molar-refractivity contribution in [3.63, 3.8) is 0 Å². The van der Waals surface area contributed by atoms with Gasteiger partial charge in [0.2, 0.25) is 0 Å². The van der Waals surface area contributed by atoms with E-state index in [1.165, 1.54) is 0 Å². The number of rotatable bonds is 2. The molecule has 0 bridgehead atoms. The molecule has 0 aliphatic carbocycles. The average molecular weight is 218 g/mol. The van der Waals surface area contributed by atoms with Crippen LogP contribution >= 0.6 is 0 Å². The van der Waals surface area contributed by atoms with E-state index < -0.39 is 0 Å². The monoisotopic (exact) mass is 218 g/mol. The number of piperidine rings is 1. The number of aromatic nitrogens is 1. The molecule has 4 heteroatoms. The summed E-state index contributed by atoms with van der Waals surface area (Å²) in [5, 5.41) is 3.29. The lowest BCUT2D eigenvalue weighted by molar-refractivity contribution is 0.125. The molecule has 1 aromatic carbocycles. The van der Waals surface area contributed by atoms with E-state index in [9.17, 15) is 0 Å². The maximum absolute atomic E-state index is 5.70. The van der Waals surface area contributed by atoms with Crippen molar-refractivity contribution in [2.75, 3.05) is 13.1 Å². The van der Waals surface area contributed by atoms with Crippen LogP contribution in [-0.4, -0.2) is 24.2 Å². The Balaban J connectivity index is 1.78. The molecule has 4 nitrogen and oxygen atoms in total. The van der Waals surface area contributed by atoms with Crippen LogP contribution in [0.1, 0.15) is 12.8 Å². The smallest absolute Gasteiger partial charge is 0.394 e. The van der Waals surface area contributed by atoms with E-state index >= 15 is 0 Å². The molecule has 16 heavy (non-hydrogen) atoms. The second-order valence-electron chi connectivity index (χ2n) is 4.03. The van der Waals surface area contributed by atoms with Gasteiger partial charge in [-0.05, 0) is 31.5 Å². The highest BCUT2D eigenvalue weighted by Crippen LogP contribution is 2.21. The van der Waals surface area contributed by atoms with Gasteiger partial charge >= 0.3 is 6.08 Å². The minimum atomic E-state index is 0.182. The van der Waals surface area contributed by atoms with E-state index in [1.54, 1.807) is 0 Å². The Morgan fingerprint density at radius 2 is 2.31 bits per heavy atom. The van der Waals surface area contributed by atoms with Gasteiger partial charge in [-0.2, -0.15) is 4.98 Å². The second kappa shape index (κ2) is 4.14. The molecule has 1 atom stereocenters. The summed E-state index contributed by atoms with van der Waals surface area (Å²) in [7, 11) is 0. The van der Waals surface area contributed by atoms with Gasteiger partial charge in [0.25, 0.3) is 0 Å². The number of ether oxygens (including phenoxy) is 1. The molecule has 0 saturated carbocycles. The van der Waals surface area contributed by atoms with Gasteiger partial charge in [-0.25, -0.2) is 0 Å². The summed E-state index contributed by atoms with van der Waals surface area (Å²) in [5.41, 5.74) is 1.63. The third kappa shape index (κ3) is 1.88. The first-order chi connectivity index (χ1) is 7.92. The van der Waals surface area contributed by atoms with Crippen LogP contribution in [0, 0.1) is 0 Å². The number of hydrogen-bond acceptors (Lipinski definition) is 4. The van der Waals surface area contributed by atoms with Crippen molar-refractivity contribution in [3.8, 4) is 6.08 Å². The molecular weight excluding hydrogens is 204 g/mol. The second-order valence-corrected chi connectivity index (χ2v) is 4.03. The largest absolute Gasteiger partial charge is 0.445 e. The summed E-state index contributed by atoms with van der Waals surface area (Å²) in [6.45, 7) is 1.95. The fourth-order valence-electron chi connectivity index (χ4n) is 1.96. The summed E-state index contributed by atoms with van der Waals surface area (Å²) in [4.78, 5) is 4.29. The minimum Gasteiger partial charge on any atom is -0.445 e. The van der Waals surface area contributed by atoms with E-state index in [0.29, 0.717) is 6.08 Å². The van der Waals surface area contributed by atoms with Crippen molar-refractivity contribution in [1.82, 2.24) is 10.3 Å². The molecule has 1 N–H and O–H groups in total. The standard InChI is InChI=1S/C12H14N2O2/c1-2-6-11-10(5-1)14-12(16-11)15-9-4-3-7-13-8-9/h1-2,5-6,9,13H,3-4,7-8H2/t9-/m0/s1. The molecule has 1 aliphatic rings. The van der Waals surface area contributed by atoms with Crippen LogP contribution in [-0.2, 0) is 0 Å². The quantitative estimate of drug-likeness (QED) is 0.837. The van der Waals surface area contributed by atoms with Gasteiger partial charge in [0.05, 0.1) is 0 Å². The van der Waals surface area contributed by atoms with Crippen LogP contribution in [0.2, 0.25) is 0 Å². The molecule has 0 radical (unpaired) electrons. The minimum absolute atomic E-state index is 0.182. The van der Waals surface area contributed by atoms with Crippen LogP contribution in [0.3, 0.4) is 0 Å². The first-order valence-corrected chi connectivity index (χ1v) is 5.65. The van der Waals surface area contributed by atoms with Crippen LogP contribution in [0.15, 0.2) is 28.7 Å². The highest BCUT2D eigenvalue weighted by Gasteiger charge is 2.17. The molecule has 1 aliphatic heterocycles. The lowest BCUT2D eigenvalue weighted by Gasteiger charge is -2.21. The molecular formula is C12H14N2O2. The van der Waals surface area contributed by atoms with Crippen molar-refractivity contribution >= 4 is 11.1 Å². The van der Waals surface area contributed by atoms with Gasteiger partial charge in [0, 0.05) is 6.54 Å². The fourth-order valence-corrected chi connectivity index (χ4v) is 1.96. The van der Waals surface area contributed by atoms with Crippen LogP contribution in [0.25, 0.3) is 11.1 Å². The zero-order valence-electron chi connectivity index (χ0n) is 8.98. The number of hydrogen-bond donors (Lipinski definition) is 1. The van der Waals surface area contributed by atoms with Gasteiger partial charge in [-0.15, -0.1) is 0 Å². The lowest BCUT2D eigenvalue weighted by atomic mass is 10.1. The first-order valence-electron chi connectivity index (χ1n) is 5.65. The van der Waals surface area contributed by atoms with Crippen molar-refractivity contribution in [2.24, 2.45) is 0 Å². The molecule has 0 amide bonds. The number of nitrogens with zero attached hydrogens (tertiary/aromatic N) is 1. The van der Waals surface area contributed by atoms with Crippen molar-refractivity contribution in [2.45, 2.75) is 18.9 Å². The Kier molecular flexibility index (Phi) is 2.50. The predicted octanol–water partition coefficient (Wildman–Crippen LogP) is 1.96. The molecule has 1 aromatic heterocycles. The Morgan fingerprint density at radius 3 is 3.12 bits per heavy atom. The highest BCUT2D eigenvalue weighted by molar-refractivity contribution is 5.72. The molecule has 84 valence electrons. The molecule has 2 aromatic rings. The number of para-hydroxylation sites is 2. The fraction of sp³-hybridized carbons (Fsp3) is 0.417.